The van der Waals surface area contributed by atoms with Gasteiger partial charge in [-0.05, 0) is 45.2 Å². The predicted molar refractivity (Wildman–Crippen MR) is 87.7 cm³/mol. The van der Waals surface area contributed by atoms with Crippen molar-refractivity contribution in [3.8, 4) is 0 Å². The van der Waals surface area contributed by atoms with Gasteiger partial charge < -0.3 is 14.4 Å². The molecule has 1 fully saturated rings. The summed E-state index contributed by atoms with van der Waals surface area (Å²) in [5, 5.41) is 0. The number of methoxy groups -OCH3 is 1. The zero-order valence-electron chi connectivity index (χ0n) is 14.3. The lowest BCUT2D eigenvalue weighted by atomic mass is 9.97. The van der Waals surface area contributed by atoms with Crippen LogP contribution in [0.15, 0.2) is 24.3 Å². The number of carbonyl (C=O) groups excluding carboxylic acids is 3. The second kappa shape index (κ2) is 7.95. The van der Waals surface area contributed by atoms with Gasteiger partial charge in [0.15, 0.2) is 6.61 Å². The van der Waals surface area contributed by atoms with Crippen LogP contribution < -0.4 is 0 Å². The van der Waals surface area contributed by atoms with Gasteiger partial charge in [0.2, 0.25) is 0 Å². The molecule has 6 heteroatoms. The van der Waals surface area contributed by atoms with E-state index >= 15 is 0 Å². The summed E-state index contributed by atoms with van der Waals surface area (Å²) in [4.78, 5) is 38.1. The van der Waals surface area contributed by atoms with E-state index in [1.807, 2.05) is 13.8 Å². The third-order valence-electron chi connectivity index (χ3n) is 4.36. The molecule has 1 aromatic carbocycles. The number of hydrogen-bond acceptors (Lipinski definition) is 5. The second-order valence-electron chi connectivity index (χ2n) is 6.04. The van der Waals surface area contributed by atoms with Crippen LogP contribution in [-0.2, 0) is 14.3 Å². The second-order valence-corrected chi connectivity index (χ2v) is 6.04. The van der Waals surface area contributed by atoms with E-state index in [0.717, 1.165) is 19.3 Å². The average Bonchev–Trinajstić information content (AvgIpc) is 2.58. The van der Waals surface area contributed by atoms with Crippen LogP contribution in [0.5, 0.6) is 0 Å². The first-order valence-electron chi connectivity index (χ1n) is 8.11. The van der Waals surface area contributed by atoms with Crippen LogP contribution in [0.3, 0.4) is 0 Å². The first-order chi connectivity index (χ1) is 11.5. The Bertz CT molecular complexity index is 618. The Balaban J connectivity index is 2.03. The van der Waals surface area contributed by atoms with Crippen LogP contribution in [0.4, 0.5) is 0 Å². The van der Waals surface area contributed by atoms with E-state index in [2.05, 4.69) is 4.74 Å². The fourth-order valence-corrected chi connectivity index (χ4v) is 3.14. The first kappa shape index (κ1) is 18.0. The summed E-state index contributed by atoms with van der Waals surface area (Å²) in [5.41, 5.74) is 0.217. The number of likely N-dealkylation sites (tertiary alicyclic amines) is 1. The van der Waals surface area contributed by atoms with Crippen LogP contribution in [0, 0.1) is 0 Å². The van der Waals surface area contributed by atoms with Crippen molar-refractivity contribution in [3.05, 3.63) is 35.4 Å². The Morgan fingerprint density at radius 2 is 1.58 bits per heavy atom. The summed E-state index contributed by atoms with van der Waals surface area (Å²) >= 11 is 0. The lowest BCUT2D eigenvalue weighted by molar-refractivity contribution is -0.140. The molecule has 0 saturated carbocycles. The number of piperidine rings is 1. The molecule has 0 spiro atoms. The van der Waals surface area contributed by atoms with E-state index in [1.165, 1.54) is 19.2 Å². The van der Waals surface area contributed by atoms with E-state index in [0.29, 0.717) is 0 Å². The van der Waals surface area contributed by atoms with Crippen molar-refractivity contribution < 1.29 is 23.9 Å². The van der Waals surface area contributed by atoms with Gasteiger partial charge in [0.25, 0.3) is 5.91 Å². The van der Waals surface area contributed by atoms with Crippen LogP contribution in [0.2, 0.25) is 0 Å². The number of carbonyl (C=O) groups is 3. The van der Waals surface area contributed by atoms with Gasteiger partial charge in [0.1, 0.15) is 0 Å². The van der Waals surface area contributed by atoms with Gasteiger partial charge in [-0.25, -0.2) is 9.59 Å². The molecular weight excluding hydrogens is 310 g/mol. The van der Waals surface area contributed by atoms with Gasteiger partial charge in [-0.15, -0.1) is 0 Å². The van der Waals surface area contributed by atoms with E-state index in [4.69, 9.17) is 4.74 Å². The van der Waals surface area contributed by atoms with Crippen LogP contribution >= 0.6 is 0 Å². The maximum Gasteiger partial charge on any atom is 0.339 e. The summed E-state index contributed by atoms with van der Waals surface area (Å²) in [6.45, 7) is 3.67. The summed E-state index contributed by atoms with van der Waals surface area (Å²) in [6, 6.07) is 6.50. The van der Waals surface area contributed by atoms with Crippen LogP contribution in [-0.4, -0.2) is 48.5 Å². The third kappa shape index (κ3) is 3.93. The molecule has 0 aromatic heterocycles. The Morgan fingerprint density at radius 1 is 1.04 bits per heavy atom. The minimum absolute atomic E-state index is 0.0943. The highest BCUT2D eigenvalue weighted by Gasteiger charge is 2.29. The van der Waals surface area contributed by atoms with Crippen LogP contribution in [0.25, 0.3) is 0 Å². The minimum Gasteiger partial charge on any atom is -0.465 e. The maximum absolute atomic E-state index is 12.4. The number of nitrogens with zero attached hydrogens (tertiary/aromatic N) is 1. The number of ether oxygens (including phenoxy) is 2. The Kier molecular flexibility index (Phi) is 5.95. The summed E-state index contributed by atoms with van der Waals surface area (Å²) in [5.74, 6) is -1.53. The van der Waals surface area contributed by atoms with Gasteiger partial charge >= 0.3 is 11.9 Å². The highest BCUT2D eigenvalue weighted by molar-refractivity contribution is 6.03. The number of esters is 2. The zero-order chi connectivity index (χ0) is 17.7. The van der Waals surface area contributed by atoms with Crippen LogP contribution in [0.1, 0.15) is 53.8 Å². The van der Waals surface area contributed by atoms with Crippen molar-refractivity contribution in [1.82, 2.24) is 4.90 Å². The Hall–Kier alpha value is -2.37. The van der Waals surface area contributed by atoms with E-state index in [1.54, 1.807) is 17.0 Å². The number of hydrogen-bond donors (Lipinski definition) is 0. The molecule has 0 N–H and O–H groups in total. The molecule has 1 aromatic rings. The molecule has 1 aliphatic heterocycles. The maximum atomic E-state index is 12.4. The van der Waals surface area contributed by atoms with E-state index in [-0.39, 0.29) is 35.7 Å². The van der Waals surface area contributed by atoms with Gasteiger partial charge in [-0.3, -0.25) is 4.79 Å². The number of benzene rings is 1. The van der Waals surface area contributed by atoms with Gasteiger partial charge in [0, 0.05) is 12.1 Å². The van der Waals surface area contributed by atoms with Crippen molar-refractivity contribution in [2.24, 2.45) is 0 Å². The standard InChI is InChI=1S/C18H23NO5/c1-12-7-6-8-13(2)19(12)16(20)11-24-18(22)15-10-5-4-9-14(15)17(21)23-3/h4-5,9-10,12-13H,6-8,11H2,1-3H3. The molecule has 1 aliphatic rings. The molecule has 2 unspecified atom stereocenters. The molecule has 0 radical (unpaired) electrons. The molecule has 6 nitrogen and oxygen atoms in total. The lowest BCUT2D eigenvalue weighted by Gasteiger charge is -2.38. The monoisotopic (exact) mass is 333 g/mol. The Labute approximate surface area is 141 Å². The molecule has 1 amide bonds. The van der Waals surface area contributed by atoms with Crippen molar-refractivity contribution in [2.75, 3.05) is 13.7 Å². The first-order valence-corrected chi connectivity index (χ1v) is 8.11. The molecule has 130 valence electrons. The Morgan fingerprint density at radius 3 is 2.12 bits per heavy atom. The SMILES string of the molecule is COC(=O)c1ccccc1C(=O)OCC(=O)N1C(C)CCCC1C. The topological polar surface area (TPSA) is 72.9 Å². The van der Waals surface area contributed by atoms with Crippen molar-refractivity contribution in [3.63, 3.8) is 0 Å². The average molecular weight is 333 g/mol. The quantitative estimate of drug-likeness (QED) is 0.791. The van der Waals surface area contributed by atoms with Gasteiger partial charge in [-0.2, -0.15) is 0 Å². The van der Waals surface area contributed by atoms with Gasteiger partial charge in [0.05, 0.1) is 18.2 Å². The largest absolute Gasteiger partial charge is 0.465 e. The summed E-state index contributed by atoms with van der Waals surface area (Å²) in [6.07, 6.45) is 3.00. The minimum atomic E-state index is -0.707. The fraction of sp³-hybridized carbons (Fsp3) is 0.500. The smallest absolute Gasteiger partial charge is 0.339 e. The summed E-state index contributed by atoms with van der Waals surface area (Å²) < 4.78 is 9.79. The molecule has 0 aliphatic carbocycles. The highest BCUT2D eigenvalue weighted by atomic mass is 16.5. The normalized spacial score (nSPS) is 20.4. The van der Waals surface area contributed by atoms with Crippen molar-refractivity contribution >= 4 is 17.8 Å². The van der Waals surface area contributed by atoms with E-state index < -0.39 is 11.9 Å². The molecule has 2 atom stereocenters. The van der Waals surface area contributed by atoms with Crippen molar-refractivity contribution in [1.29, 1.82) is 0 Å². The molecule has 0 bridgehead atoms. The lowest BCUT2D eigenvalue weighted by Crippen LogP contribution is -2.49. The zero-order valence-corrected chi connectivity index (χ0v) is 14.3. The van der Waals surface area contributed by atoms with Crippen molar-refractivity contribution in [2.45, 2.75) is 45.2 Å². The van der Waals surface area contributed by atoms with Gasteiger partial charge in [-0.1, -0.05) is 12.1 Å². The predicted octanol–water partition coefficient (Wildman–Crippen LogP) is 2.42. The van der Waals surface area contributed by atoms with E-state index in [9.17, 15) is 14.4 Å². The molecular formula is C18H23NO5. The third-order valence-corrected chi connectivity index (χ3v) is 4.36. The summed E-state index contributed by atoms with van der Waals surface area (Å²) in [7, 11) is 1.24. The molecule has 24 heavy (non-hydrogen) atoms. The fourth-order valence-electron chi connectivity index (χ4n) is 3.14. The molecule has 1 heterocycles. The molecule has 2 rings (SSSR count). The molecule has 1 saturated heterocycles. The highest BCUT2D eigenvalue weighted by Crippen LogP contribution is 2.22. The number of rotatable bonds is 4. The number of amides is 1.